The molecule has 3 nitrogen and oxygen atoms in total. The quantitative estimate of drug-likeness (QED) is 0.607. The first-order chi connectivity index (χ1) is 14.7. The zero-order chi connectivity index (χ0) is 20.9. The molecule has 4 rings (SSSR count). The first-order valence-corrected chi connectivity index (χ1v) is 10.0. The predicted octanol–water partition coefficient (Wildman–Crippen LogP) is 5.20. The highest BCUT2D eigenvalue weighted by molar-refractivity contribution is 6.03. The maximum absolute atomic E-state index is 12.2. The Hall–Kier alpha value is -3.72. The maximum atomic E-state index is 12.2. The molecule has 30 heavy (non-hydrogen) atoms. The van der Waals surface area contributed by atoms with Crippen molar-refractivity contribution in [1.29, 1.82) is 0 Å². The summed E-state index contributed by atoms with van der Waals surface area (Å²) in [6.07, 6.45) is 7.54. The molecule has 0 bridgehead atoms. The van der Waals surface area contributed by atoms with Crippen LogP contribution in [0, 0.1) is 0 Å². The Labute approximate surface area is 176 Å². The maximum Gasteiger partial charge on any atom is 0.249 e. The normalized spacial score (nSPS) is 13.7. The SMILES string of the molecule is NC(=O)c1cc(C2=C(c3ccccc3)CCCc3ccccc32)ccc1C=C[C]=O. The van der Waals surface area contributed by atoms with E-state index >= 15 is 0 Å². The summed E-state index contributed by atoms with van der Waals surface area (Å²) in [6, 6.07) is 24.5. The molecule has 3 aromatic carbocycles. The minimum absolute atomic E-state index is 0.389. The molecule has 0 unspecified atom stereocenters. The van der Waals surface area contributed by atoms with Crippen molar-refractivity contribution in [2.24, 2.45) is 5.73 Å². The van der Waals surface area contributed by atoms with E-state index in [4.69, 9.17) is 5.73 Å². The van der Waals surface area contributed by atoms with E-state index in [0.717, 1.165) is 30.4 Å². The second kappa shape index (κ2) is 8.75. The summed E-state index contributed by atoms with van der Waals surface area (Å²) in [5.74, 6) is -0.522. The number of rotatable bonds is 5. The fraction of sp³-hybridized carbons (Fsp3) is 0.111. The molecule has 0 aromatic heterocycles. The first kappa shape index (κ1) is 19.6. The Balaban J connectivity index is 2.00. The molecule has 1 aliphatic rings. The lowest BCUT2D eigenvalue weighted by Gasteiger charge is -2.17. The standard InChI is InChI=1S/C27H22NO2/c28-27(30)25-18-22(16-15-21(25)12-7-17-29)26-23-13-5-4-10-20(23)11-6-14-24(26)19-8-2-1-3-9-19/h1-5,7-10,12-13,15-16,18H,6,11,14H2,(H2,28,30). The summed E-state index contributed by atoms with van der Waals surface area (Å²) < 4.78 is 0. The first-order valence-electron chi connectivity index (χ1n) is 10.0. The average molecular weight is 392 g/mol. The molecule has 0 fully saturated rings. The number of hydrogen-bond acceptors (Lipinski definition) is 2. The van der Waals surface area contributed by atoms with E-state index < -0.39 is 5.91 Å². The van der Waals surface area contributed by atoms with Crippen LogP contribution in [0.25, 0.3) is 17.2 Å². The van der Waals surface area contributed by atoms with Crippen molar-refractivity contribution in [1.82, 2.24) is 0 Å². The lowest BCUT2D eigenvalue weighted by atomic mass is 9.86. The van der Waals surface area contributed by atoms with Gasteiger partial charge in [-0.2, -0.15) is 0 Å². The van der Waals surface area contributed by atoms with E-state index in [0.29, 0.717) is 11.1 Å². The lowest BCUT2D eigenvalue weighted by molar-refractivity contribution is 0.1000. The Morgan fingerprint density at radius 1 is 0.900 bits per heavy atom. The molecule has 0 aliphatic heterocycles. The van der Waals surface area contributed by atoms with Crippen LogP contribution in [0.15, 0.2) is 78.9 Å². The van der Waals surface area contributed by atoms with Crippen LogP contribution in [0.4, 0.5) is 0 Å². The van der Waals surface area contributed by atoms with Gasteiger partial charge >= 0.3 is 0 Å². The Morgan fingerprint density at radius 3 is 2.43 bits per heavy atom. The van der Waals surface area contributed by atoms with Crippen molar-refractivity contribution in [2.75, 3.05) is 0 Å². The molecule has 0 spiro atoms. The van der Waals surface area contributed by atoms with E-state index in [1.54, 1.807) is 12.4 Å². The molecule has 147 valence electrons. The monoisotopic (exact) mass is 392 g/mol. The fourth-order valence-corrected chi connectivity index (χ4v) is 4.18. The van der Waals surface area contributed by atoms with Gasteiger partial charge in [-0.25, -0.2) is 0 Å². The number of benzene rings is 3. The number of allylic oxidation sites excluding steroid dienone is 2. The van der Waals surface area contributed by atoms with Crippen LogP contribution in [-0.2, 0) is 11.2 Å². The molecule has 0 saturated carbocycles. The molecule has 1 radical (unpaired) electrons. The molecular formula is C27H22NO2. The highest BCUT2D eigenvalue weighted by Crippen LogP contribution is 2.40. The molecule has 1 amide bonds. The Kier molecular flexibility index (Phi) is 5.71. The second-order valence-electron chi connectivity index (χ2n) is 7.35. The summed E-state index contributed by atoms with van der Waals surface area (Å²) in [6.45, 7) is 0. The lowest BCUT2D eigenvalue weighted by Crippen LogP contribution is -2.13. The van der Waals surface area contributed by atoms with Gasteiger partial charge < -0.3 is 5.73 Å². The largest absolute Gasteiger partial charge is 0.366 e. The number of carbonyl (C=O) groups is 1. The zero-order valence-corrected chi connectivity index (χ0v) is 16.6. The minimum Gasteiger partial charge on any atom is -0.366 e. The molecular weight excluding hydrogens is 370 g/mol. The minimum atomic E-state index is -0.522. The van der Waals surface area contributed by atoms with Crippen molar-refractivity contribution in [3.63, 3.8) is 0 Å². The van der Waals surface area contributed by atoms with Gasteiger partial charge in [-0.15, -0.1) is 0 Å². The summed E-state index contributed by atoms with van der Waals surface area (Å²) in [5, 5.41) is 0. The molecule has 0 atom stereocenters. The molecule has 1 aliphatic carbocycles. The van der Waals surface area contributed by atoms with Gasteiger partial charge in [0, 0.05) is 5.56 Å². The van der Waals surface area contributed by atoms with Crippen molar-refractivity contribution < 1.29 is 9.59 Å². The van der Waals surface area contributed by atoms with Crippen molar-refractivity contribution >= 4 is 29.4 Å². The van der Waals surface area contributed by atoms with E-state index in [1.165, 1.54) is 28.3 Å². The number of primary amides is 1. The number of amides is 1. The third-order valence-corrected chi connectivity index (χ3v) is 5.52. The van der Waals surface area contributed by atoms with Gasteiger partial charge in [-0.3, -0.25) is 9.59 Å². The van der Waals surface area contributed by atoms with Gasteiger partial charge in [-0.1, -0.05) is 72.8 Å². The molecule has 3 aromatic rings. The van der Waals surface area contributed by atoms with Gasteiger partial charge in [0.25, 0.3) is 0 Å². The summed E-state index contributed by atoms with van der Waals surface area (Å²) in [4.78, 5) is 22.8. The van der Waals surface area contributed by atoms with Gasteiger partial charge in [0.2, 0.25) is 12.2 Å². The smallest absolute Gasteiger partial charge is 0.249 e. The molecule has 0 heterocycles. The second-order valence-corrected chi connectivity index (χ2v) is 7.35. The number of carbonyl (C=O) groups excluding carboxylic acids is 2. The van der Waals surface area contributed by atoms with Gasteiger partial charge in [0.15, 0.2) is 0 Å². The highest BCUT2D eigenvalue weighted by atomic mass is 16.1. The van der Waals surface area contributed by atoms with E-state index in [2.05, 4.69) is 48.5 Å². The van der Waals surface area contributed by atoms with E-state index in [9.17, 15) is 9.59 Å². The number of aryl methyl sites for hydroxylation is 1. The highest BCUT2D eigenvalue weighted by Gasteiger charge is 2.21. The summed E-state index contributed by atoms with van der Waals surface area (Å²) >= 11 is 0. The Bertz CT molecular complexity index is 1160. The number of nitrogens with two attached hydrogens (primary N) is 1. The van der Waals surface area contributed by atoms with Crippen LogP contribution in [0.2, 0.25) is 0 Å². The van der Waals surface area contributed by atoms with Crippen molar-refractivity contribution in [2.45, 2.75) is 19.3 Å². The third-order valence-electron chi connectivity index (χ3n) is 5.52. The number of fused-ring (bicyclic) bond motifs is 1. The third kappa shape index (κ3) is 3.87. The number of hydrogen-bond donors (Lipinski definition) is 1. The summed E-state index contributed by atoms with van der Waals surface area (Å²) in [5.41, 5.74) is 13.7. The van der Waals surface area contributed by atoms with E-state index in [1.807, 2.05) is 24.3 Å². The molecule has 2 N–H and O–H groups in total. The van der Waals surface area contributed by atoms with Crippen LogP contribution < -0.4 is 5.73 Å². The Morgan fingerprint density at radius 2 is 1.67 bits per heavy atom. The zero-order valence-electron chi connectivity index (χ0n) is 16.6. The fourth-order valence-electron chi connectivity index (χ4n) is 4.18. The van der Waals surface area contributed by atoms with Crippen LogP contribution in [0.5, 0.6) is 0 Å². The average Bonchev–Trinajstić information content (AvgIpc) is 2.98. The van der Waals surface area contributed by atoms with Crippen LogP contribution in [0.1, 0.15) is 51.0 Å². The molecule has 3 heteroatoms. The van der Waals surface area contributed by atoms with Gasteiger partial charge in [0.1, 0.15) is 0 Å². The van der Waals surface area contributed by atoms with E-state index in [-0.39, 0.29) is 0 Å². The van der Waals surface area contributed by atoms with Crippen LogP contribution in [-0.4, -0.2) is 12.2 Å². The topological polar surface area (TPSA) is 60.2 Å². The van der Waals surface area contributed by atoms with Crippen LogP contribution in [0.3, 0.4) is 0 Å². The summed E-state index contributed by atoms with van der Waals surface area (Å²) in [7, 11) is 0. The van der Waals surface area contributed by atoms with Crippen molar-refractivity contribution in [3.8, 4) is 0 Å². The van der Waals surface area contributed by atoms with Crippen LogP contribution >= 0.6 is 0 Å². The van der Waals surface area contributed by atoms with Gasteiger partial charge in [0.05, 0.1) is 0 Å². The predicted molar refractivity (Wildman–Crippen MR) is 121 cm³/mol. The molecule has 0 saturated heterocycles. The van der Waals surface area contributed by atoms with Gasteiger partial charge in [-0.05, 0) is 70.4 Å². The van der Waals surface area contributed by atoms with Crippen molar-refractivity contribution in [3.05, 3.63) is 112 Å².